The number of ketones is 2. The zero-order valence-corrected chi connectivity index (χ0v) is 13.9. The standard InChI is InChI=1S/C24H14O2/c25-23-19-11-5-1-2-6-12(11)20(23)16-10-18-17(9-15(16)19)21-13-7-3-4-8-14(13)22(18)24(21)26/h1-10,19-22H/t19-,20?,21?,22?/m1/s1. The van der Waals surface area contributed by atoms with Gasteiger partial charge in [0.25, 0.3) is 0 Å². The number of carbonyl (C=O) groups is 2. The molecule has 3 aromatic rings. The largest absolute Gasteiger partial charge is 0.298 e. The van der Waals surface area contributed by atoms with Crippen LogP contribution in [0.2, 0.25) is 0 Å². The molecule has 4 atom stereocenters. The summed E-state index contributed by atoms with van der Waals surface area (Å²) in [4.78, 5) is 26.0. The van der Waals surface area contributed by atoms with Crippen LogP contribution < -0.4 is 0 Å². The molecule has 0 aliphatic heterocycles. The highest BCUT2D eigenvalue weighted by Gasteiger charge is 2.53. The van der Waals surface area contributed by atoms with Crippen LogP contribution in [-0.2, 0) is 9.59 Å². The SMILES string of the molecule is O=C1C2c3ccccc3C1c1cc3c(cc12)C1C(=O)[C@@H]3c2ccccc21. The van der Waals surface area contributed by atoms with E-state index in [0.29, 0.717) is 11.6 Å². The molecular formula is C24H14O2. The van der Waals surface area contributed by atoms with Crippen LogP contribution in [0.25, 0.3) is 0 Å². The molecule has 4 bridgehead atoms. The third kappa shape index (κ3) is 1.22. The Hall–Kier alpha value is -3.00. The monoisotopic (exact) mass is 334 g/mol. The van der Waals surface area contributed by atoms with E-state index in [1.165, 1.54) is 0 Å². The number of carbonyl (C=O) groups excluding carboxylic acids is 2. The van der Waals surface area contributed by atoms with E-state index in [-0.39, 0.29) is 23.7 Å². The van der Waals surface area contributed by atoms with Crippen LogP contribution in [0.4, 0.5) is 0 Å². The number of hydrogen-bond donors (Lipinski definition) is 0. The molecule has 4 aliphatic rings. The fourth-order valence-electron chi connectivity index (χ4n) is 5.97. The normalized spacial score (nSPS) is 28.2. The number of Topliss-reactive ketones (excluding diaryl/α,β-unsaturated/α-hetero) is 2. The van der Waals surface area contributed by atoms with Crippen molar-refractivity contribution in [1.29, 1.82) is 0 Å². The van der Waals surface area contributed by atoms with Crippen molar-refractivity contribution in [1.82, 2.24) is 0 Å². The van der Waals surface area contributed by atoms with Gasteiger partial charge in [-0.3, -0.25) is 9.59 Å². The number of fused-ring (bicyclic) bond motifs is 16. The van der Waals surface area contributed by atoms with E-state index < -0.39 is 0 Å². The Morgan fingerprint density at radius 1 is 0.423 bits per heavy atom. The molecule has 7 rings (SSSR count). The molecule has 0 saturated carbocycles. The molecule has 0 amide bonds. The number of rotatable bonds is 0. The maximum Gasteiger partial charge on any atom is 0.156 e. The number of benzene rings is 3. The van der Waals surface area contributed by atoms with E-state index in [0.717, 1.165) is 44.5 Å². The molecule has 26 heavy (non-hydrogen) atoms. The fourth-order valence-corrected chi connectivity index (χ4v) is 5.97. The van der Waals surface area contributed by atoms with Gasteiger partial charge in [0.2, 0.25) is 0 Å². The lowest BCUT2D eigenvalue weighted by molar-refractivity contribution is -0.119. The van der Waals surface area contributed by atoms with E-state index in [9.17, 15) is 9.59 Å². The fraction of sp³-hybridized carbons (Fsp3) is 0.167. The lowest BCUT2D eigenvalue weighted by atomic mass is 9.79. The van der Waals surface area contributed by atoms with Crippen molar-refractivity contribution < 1.29 is 9.59 Å². The summed E-state index contributed by atoms with van der Waals surface area (Å²) in [5.41, 5.74) is 9.17. The summed E-state index contributed by atoms with van der Waals surface area (Å²) in [7, 11) is 0. The van der Waals surface area contributed by atoms with Gasteiger partial charge in [0, 0.05) is 0 Å². The van der Waals surface area contributed by atoms with Gasteiger partial charge in [-0.15, -0.1) is 0 Å². The maximum atomic E-state index is 13.0. The second-order valence-electron chi connectivity index (χ2n) is 7.90. The van der Waals surface area contributed by atoms with E-state index in [2.05, 4.69) is 36.4 Å². The third-order valence-electron chi connectivity index (χ3n) is 6.91. The van der Waals surface area contributed by atoms with Crippen LogP contribution in [0.5, 0.6) is 0 Å². The molecule has 4 aliphatic carbocycles. The van der Waals surface area contributed by atoms with Crippen molar-refractivity contribution in [3.8, 4) is 0 Å². The minimum Gasteiger partial charge on any atom is -0.298 e. The lowest BCUT2D eigenvalue weighted by Gasteiger charge is -2.23. The molecule has 0 radical (unpaired) electrons. The van der Waals surface area contributed by atoms with Crippen molar-refractivity contribution >= 4 is 11.6 Å². The van der Waals surface area contributed by atoms with Gasteiger partial charge in [-0.25, -0.2) is 0 Å². The highest BCUT2D eigenvalue weighted by molar-refractivity contribution is 6.09. The molecule has 0 aromatic heterocycles. The summed E-state index contributed by atoms with van der Waals surface area (Å²) in [6, 6.07) is 20.8. The van der Waals surface area contributed by atoms with Crippen LogP contribution in [0.1, 0.15) is 68.2 Å². The average Bonchev–Trinajstić information content (AvgIpc) is 3.31. The summed E-state index contributed by atoms with van der Waals surface area (Å²) in [5.74, 6) is 0.0611. The van der Waals surface area contributed by atoms with E-state index >= 15 is 0 Å². The van der Waals surface area contributed by atoms with Gasteiger partial charge in [-0.1, -0.05) is 60.7 Å². The van der Waals surface area contributed by atoms with E-state index in [4.69, 9.17) is 0 Å². The summed E-state index contributed by atoms with van der Waals surface area (Å²) >= 11 is 0. The highest BCUT2D eigenvalue weighted by atomic mass is 16.1. The zero-order valence-electron chi connectivity index (χ0n) is 13.9. The molecule has 2 heteroatoms. The molecule has 0 heterocycles. The molecule has 0 N–H and O–H groups in total. The van der Waals surface area contributed by atoms with Crippen molar-refractivity contribution in [2.45, 2.75) is 23.7 Å². The predicted octanol–water partition coefficient (Wildman–Crippen LogP) is 4.01. The van der Waals surface area contributed by atoms with Crippen LogP contribution in [0.15, 0.2) is 60.7 Å². The molecule has 2 nitrogen and oxygen atoms in total. The molecule has 122 valence electrons. The van der Waals surface area contributed by atoms with Crippen LogP contribution in [-0.4, -0.2) is 11.6 Å². The summed E-state index contributed by atoms with van der Waals surface area (Å²) in [6.45, 7) is 0. The van der Waals surface area contributed by atoms with Crippen molar-refractivity contribution in [2.75, 3.05) is 0 Å². The Kier molecular flexibility index (Phi) is 2.06. The predicted molar refractivity (Wildman–Crippen MR) is 96.7 cm³/mol. The summed E-state index contributed by atoms with van der Waals surface area (Å²) in [5, 5.41) is 0. The third-order valence-corrected chi connectivity index (χ3v) is 6.91. The van der Waals surface area contributed by atoms with E-state index in [1.54, 1.807) is 0 Å². The first-order chi connectivity index (χ1) is 12.8. The zero-order chi connectivity index (χ0) is 17.2. The highest BCUT2D eigenvalue weighted by Crippen LogP contribution is 2.59. The summed E-state index contributed by atoms with van der Waals surface area (Å²) in [6.07, 6.45) is 0. The van der Waals surface area contributed by atoms with Gasteiger partial charge in [0.1, 0.15) is 0 Å². The van der Waals surface area contributed by atoms with Crippen molar-refractivity contribution in [3.63, 3.8) is 0 Å². The lowest BCUT2D eigenvalue weighted by Crippen LogP contribution is -2.08. The first-order valence-electron chi connectivity index (χ1n) is 9.18. The Bertz CT molecular complexity index is 1020. The van der Waals surface area contributed by atoms with Gasteiger partial charge < -0.3 is 0 Å². The first kappa shape index (κ1) is 13.2. The van der Waals surface area contributed by atoms with Crippen molar-refractivity contribution in [3.05, 3.63) is 105 Å². The average molecular weight is 334 g/mol. The minimum absolute atomic E-state index is 0.138. The Labute approximate surface area is 150 Å². The van der Waals surface area contributed by atoms with Crippen LogP contribution in [0, 0.1) is 0 Å². The summed E-state index contributed by atoms with van der Waals surface area (Å²) < 4.78 is 0. The Balaban J connectivity index is 1.50. The minimum atomic E-state index is -0.138. The quantitative estimate of drug-likeness (QED) is 0.622. The van der Waals surface area contributed by atoms with Crippen LogP contribution in [0.3, 0.4) is 0 Å². The van der Waals surface area contributed by atoms with Gasteiger partial charge >= 0.3 is 0 Å². The number of hydrogen-bond acceptors (Lipinski definition) is 2. The van der Waals surface area contributed by atoms with Gasteiger partial charge in [-0.2, -0.15) is 0 Å². The smallest absolute Gasteiger partial charge is 0.156 e. The second kappa shape index (κ2) is 4.04. The molecule has 3 unspecified atom stereocenters. The molecule has 0 spiro atoms. The Morgan fingerprint density at radius 2 is 0.692 bits per heavy atom. The molecule has 0 saturated heterocycles. The van der Waals surface area contributed by atoms with Gasteiger partial charge in [-0.05, 0) is 44.5 Å². The second-order valence-corrected chi connectivity index (χ2v) is 7.90. The molecular weight excluding hydrogens is 320 g/mol. The van der Waals surface area contributed by atoms with E-state index in [1.807, 2.05) is 24.3 Å². The van der Waals surface area contributed by atoms with Gasteiger partial charge in [0.15, 0.2) is 11.6 Å². The molecule has 0 fully saturated rings. The first-order valence-corrected chi connectivity index (χ1v) is 9.18. The molecule has 3 aromatic carbocycles. The van der Waals surface area contributed by atoms with Crippen molar-refractivity contribution in [2.24, 2.45) is 0 Å². The van der Waals surface area contributed by atoms with Gasteiger partial charge in [0.05, 0.1) is 23.7 Å². The topological polar surface area (TPSA) is 34.1 Å². The maximum absolute atomic E-state index is 13.0. The van der Waals surface area contributed by atoms with Crippen LogP contribution >= 0.6 is 0 Å². The Morgan fingerprint density at radius 3 is 0.962 bits per heavy atom.